The van der Waals surface area contributed by atoms with Crippen LogP contribution in [0.1, 0.15) is 40.3 Å². The highest BCUT2D eigenvalue weighted by molar-refractivity contribution is 6.07. The molecule has 0 bridgehead atoms. The van der Waals surface area contributed by atoms with Gasteiger partial charge >= 0.3 is 0 Å². The summed E-state index contributed by atoms with van der Waals surface area (Å²) in [5, 5.41) is 1.81. The van der Waals surface area contributed by atoms with Gasteiger partial charge in [-0.05, 0) is 66.4 Å². The molecule has 0 saturated carbocycles. The number of benzene rings is 3. The number of furan rings is 1. The van der Waals surface area contributed by atoms with Gasteiger partial charge in [-0.2, -0.15) is 0 Å². The number of carbonyl (C=O) groups excluding carboxylic acids is 2. The van der Waals surface area contributed by atoms with Crippen molar-refractivity contribution in [2.45, 2.75) is 39.0 Å². The van der Waals surface area contributed by atoms with Crippen LogP contribution in [0.2, 0.25) is 0 Å². The van der Waals surface area contributed by atoms with E-state index in [-0.39, 0.29) is 43.4 Å². The third-order valence-electron chi connectivity index (χ3n) is 6.86. The highest BCUT2D eigenvalue weighted by Gasteiger charge is 2.28. The first-order valence-electron chi connectivity index (χ1n) is 12.9. The summed E-state index contributed by atoms with van der Waals surface area (Å²) in [6.45, 7) is 3.22. The summed E-state index contributed by atoms with van der Waals surface area (Å²) in [4.78, 5) is 30.9. The van der Waals surface area contributed by atoms with Crippen molar-refractivity contribution < 1.29 is 23.1 Å². The smallest absolute Gasteiger partial charge is 0.255 e. The second kappa shape index (κ2) is 11.6. The molecule has 3 aromatic carbocycles. The first-order valence-corrected chi connectivity index (χ1v) is 12.9. The average Bonchev–Trinajstić information content (AvgIpc) is 3.60. The predicted octanol–water partition coefficient (Wildman–Crippen LogP) is 5.73. The van der Waals surface area contributed by atoms with Crippen LogP contribution in [0.5, 0.6) is 0 Å². The van der Waals surface area contributed by atoms with Crippen LogP contribution >= 0.6 is 0 Å². The van der Waals surface area contributed by atoms with E-state index in [1.807, 2.05) is 55.5 Å². The summed E-state index contributed by atoms with van der Waals surface area (Å²) in [7, 11) is 0. The predicted molar refractivity (Wildman–Crippen MR) is 143 cm³/mol. The molecule has 0 N–H and O–H groups in total. The zero-order valence-electron chi connectivity index (χ0n) is 21.4. The van der Waals surface area contributed by atoms with E-state index in [2.05, 4.69) is 0 Å². The lowest BCUT2D eigenvalue weighted by Gasteiger charge is -2.29. The molecule has 0 radical (unpaired) electrons. The van der Waals surface area contributed by atoms with Crippen molar-refractivity contribution in [1.29, 1.82) is 0 Å². The molecule has 1 atom stereocenters. The Morgan fingerprint density at radius 3 is 2.45 bits per heavy atom. The van der Waals surface area contributed by atoms with Crippen molar-refractivity contribution in [3.8, 4) is 0 Å². The van der Waals surface area contributed by atoms with Gasteiger partial charge in [0.25, 0.3) is 5.91 Å². The van der Waals surface area contributed by atoms with E-state index in [4.69, 9.17) is 9.15 Å². The average molecular weight is 515 g/mol. The van der Waals surface area contributed by atoms with Crippen molar-refractivity contribution in [3.63, 3.8) is 0 Å². The molecule has 4 aromatic rings. The number of rotatable bonds is 9. The normalized spacial score (nSPS) is 15.1. The second-order valence-corrected chi connectivity index (χ2v) is 9.74. The maximum absolute atomic E-state index is 13.9. The fourth-order valence-electron chi connectivity index (χ4n) is 4.90. The zero-order valence-corrected chi connectivity index (χ0v) is 21.4. The number of aryl methyl sites for hydroxylation is 1. The summed E-state index contributed by atoms with van der Waals surface area (Å²) in [5.74, 6) is 0.622. The Morgan fingerprint density at radius 1 is 0.921 bits per heavy atom. The fraction of sp³-hybridized carbons (Fsp3) is 0.290. The van der Waals surface area contributed by atoms with Crippen LogP contribution in [0, 0.1) is 12.7 Å². The van der Waals surface area contributed by atoms with Gasteiger partial charge < -0.3 is 19.0 Å². The Kier molecular flexibility index (Phi) is 7.84. The lowest BCUT2D eigenvalue weighted by atomic mass is 10.0. The summed E-state index contributed by atoms with van der Waals surface area (Å²) < 4.78 is 25.1. The van der Waals surface area contributed by atoms with Crippen LogP contribution < -0.4 is 0 Å². The molecule has 1 aliphatic rings. The van der Waals surface area contributed by atoms with Crippen LogP contribution in [0.25, 0.3) is 10.8 Å². The Bertz CT molecular complexity index is 1400. The molecule has 38 heavy (non-hydrogen) atoms. The molecule has 0 unspecified atom stereocenters. The molecule has 1 saturated heterocycles. The van der Waals surface area contributed by atoms with Crippen molar-refractivity contribution in [3.05, 3.63) is 107 Å². The van der Waals surface area contributed by atoms with Gasteiger partial charge in [-0.1, -0.05) is 48.5 Å². The molecule has 7 heteroatoms. The lowest BCUT2D eigenvalue weighted by molar-refractivity contribution is -0.133. The number of hydrogen-bond donors (Lipinski definition) is 0. The lowest BCUT2D eigenvalue weighted by Crippen LogP contribution is -2.45. The van der Waals surface area contributed by atoms with Gasteiger partial charge in [0, 0.05) is 25.3 Å². The van der Waals surface area contributed by atoms with E-state index in [0.29, 0.717) is 24.5 Å². The number of halogens is 1. The van der Waals surface area contributed by atoms with Gasteiger partial charge in [0.15, 0.2) is 0 Å². The molecule has 0 aliphatic carbocycles. The Labute approximate surface area is 221 Å². The number of ether oxygens (including phenoxy) is 1. The number of hydrogen-bond acceptors (Lipinski definition) is 4. The van der Waals surface area contributed by atoms with E-state index in [1.54, 1.807) is 28.0 Å². The van der Waals surface area contributed by atoms with Crippen LogP contribution in [-0.2, 0) is 22.6 Å². The highest BCUT2D eigenvalue weighted by Crippen LogP contribution is 2.22. The Balaban J connectivity index is 1.42. The van der Waals surface area contributed by atoms with Crippen LogP contribution in [-0.4, -0.2) is 47.4 Å². The maximum Gasteiger partial charge on any atom is 0.255 e. The summed E-state index contributed by atoms with van der Waals surface area (Å²) in [5.41, 5.74) is 1.34. The third kappa shape index (κ3) is 6.11. The van der Waals surface area contributed by atoms with Crippen molar-refractivity contribution in [1.82, 2.24) is 9.80 Å². The molecule has 1 aromatic heterocycles. The van der Waals surface area contributed by atoms with Crippen molar-refractivity contribution in [2.75, 3.05) is 19.7 Å². The molecule has 196 valence electrons. The zero-order chi connectivity index (χ0) is 26.5. The topological polar surface area (TPSA) is 63.0 Å². The molecule has 1 fully saturated rings. The SMILES string of the molecule is Cc1ccc(CN(Cc2ccc(F)cc2)C(=O)CN(C[C@@H]2CCCO2)C(=O)c2cccc3ccccc23)o1. The molecule has 2 amide bonds. The third-order valence-corrected chi connectivity index (χ3v) is 6.86. The minimum Gasteiger partial charge on any atom is -0.464 e. The van der Waals surface area contributed by atoms with Crippen LogP contribution in [0.4, 0.5) is 4.39 Å². The molecular formula is C31H31FN2O4. The van der Waals surface area contributed by atoms with E-state index in [0.717, 1.165) is 34.9 Å². The van der Waals surface area contributed by atoms with Gasteiger partial charge in [0.05, 0.1) is 12.6 Å². The molecule has 0 spiro atoms. The second-order valence-electron chi connectivity index (χ2n) is 9.74. The van der Waals surface area contributed by atoms with Crippen LogP contribution in [0.15, 0.2) is 83.3 Å². The Morgan fingerprint density at radius 2 is 1.71 bits per heavy atom. The van der Waals surface area contributed by atoms with Gasteiger partial charge in [0.2, 0.25) is 5.91 Å². The van der Waals surface area contributed by atoms with Crippen molar-refractivity contribution in [2.24, 2.45) is 0 Å². The van der Waals surface area contributed by atoms with E-state index in [1.165, 1.54) is 12.1 Å². The van der Waals surface area contributed by atoms with Gasteiger partial charge in [-0.25, -0.2) is 4.39 Å². The standard InChI is InChI=1S/C31H31FN2O4/c1-22-11-16-27(38-22)20-33(18-23-12-14-25(32)15-13-23)30(35)21-34(19-26-8-5-17-37-26)31(36)29-10-4-7-24-6-2-3-9-28(24)29/h2-4,6-7,9-16,26H,5,8,17-21H2,1H3/t26-/m0/s1. The molecule has 1 aliphatic heterocycles. The molecule has 5 rings (SSSR count). The first kappa shape index (κ1) is 25.7. The van der Waals surface area contributed by atoms with Crippen molar-refractivity contribution >= 4 is 22.6 Å². The molecular weight excluding hydrogens is 483 g/mol. The fourth-order valence-corrected chi connectivity index (χ4v) is 4.90. The highest BCUT2D eigenvalue weighted by atomic mass is 19.1. The number of fused-ring (bicyclic) bond motifs is 1. The minimum absolute atomic E-state index is 0.108. The van der Waals surface area contributed by atoms with E-state index < -0.39 is 0 Å². The molecule has 2 heterocycles. The minimum atomic E-state index is -0.336. The summed E-state index contributed by atoms with van der Waals surface area (Å²) in [6.07, 6.45) is 1.67. The van der Waals surface area contributed by atoms with E-state index in [9.17, 15) is 14.0 Å². The van der Waals surface area contributed by atoms with Crippen LogP contribution in [0.3, 0.4) is 0 Å². The largest absolute Gasteiger partial charge is 0.464 e. The first-order chi connectivity index (χ1) is 18.5. The van der Waals surface area contributed by atoms with Gasteiger partial charge in [-0.15, -0.1) is 0 Å². The summed E-state index contributed by atoms with van der Waals surface area (Å²) in [6, 6.07) is 23.1. The molecule has 6 nitrogen and oxygen atoms in total. The van der Waals surface area contributed by atoms with Gasteiger partial charge in [0.1, 0.15) is 23.9 Å². The number of nitrogens with zero attached hydrogens (tertiary/aromatic N) is 2. The maximum atomic E-state index is 13.9. The monoisotopic (exact) mass is 514 g/mol. The number of amides is 2. The quantitative estimate of drug-likeness (QED) is 0.286. The van der Waals surface area contributed by atoms with Gasteiger partial charge in [-0.3, -0.25) is 9.59 Å². The number of carbonyl (C=O) groups is 2. The Hall–Kier alpha value is -3.97. The van der Waals surface area contributed by atoms with E-state index >= 15 is 0 Å². The summed E-state index contributed by atoms with van der Waals surface area (Å²) >= 11 is 0.